The molecule has 3 rings (SSSR count). The molecular weight excluding hydrogens is 412 g/mol. The van der Waals surface area contributed by atoms with Crippen molar-refractivity contribution in [2.75, 3.05) is 13.2 Å². The predicted molar refractivity (Wildman–Crippen MR) is 118 cm³/mol. The van der Waals surface area contributed by atoms with Gasteiger partial charge in [0.05, 0.1) is 18.8 Å². The first-order valence-electron chi connectivity index (χ1n) is 11.9. The van der Waals surface area contributed by atoms with E-state index in [0.29, 0.717) is 30.4 Å². The highest BCUT2D eigenvalue weighted by atomic mass is 16.6. The maximum Gasteiger partial charge on any atom is 0.344 e. The Morgan fingerprint density at radius 1 is 1.22 bits per heavy atom. The van der Waals surface area contributed by atoms with Crippen LogP contribution in [0.2, 0.25) is 0 Å². The molecule has 0 bridgehead atoms. The number of aliphatic hydroxyl groups excluding tert-OH is 2. The molecule has 32 heavy (non-hydrogen) atoms. The fourth-order valence-corrected chi connectivity index (χ4v) is 5.27. The number of hydrogen-bond acceptors (Lipinski definition) is 6. The van der Waals surface area contributed by atoms with Gasteiger partial charge in [-0.15, -0.1) is 0 Å². The molecule has 178 valence electrons. The van der Waals surface area contributed by atoms with Crippen molar-refractivity contribution in [2.45, 2.75) is 76.9 Å². The number of ether oxygens (including phenoxy) is 2. The standard InChI is InChI=1S/C25H36O7/c1-2-18(26)9-10-19-20-12-16-6-5-7-23(21(16)13-17(20)14-22(19)27)32-15-25(30)31-11-4-3-8-24(28)29/h5-7,17-20,22,26-27H,2-4,8-15H2,1H3,(H,28,29)/t17-,18-,19+,20-,22+/m0/s1. The average Bonchev–Trinajstić information content (AvgIpc) is 3.07. The SMILES string of the molecule is CC[C@H](O)CC[C@@H]1[C@H]2Cc3cccc(OCC(=O)OCCCCC(=O)O)c3C[C@H]2C[C@H]1O. The Hall–Kier alpha value is -2.12. The zero-order valence-corrected chi connectivity index (χ0v) is 18.9. The van der Waals surface area contributed by atoms with Crippen LogP contribution in [0.25, 0.3) is 0 Å². The van der Waals surface area contributed by atoms with Gasteiger partial charge in [-0.1, -0.05) is 19.1 Å². The summed E-state index contributed by atoms with van der Waals surface area (Å²) in [7, 11) is 0. The van der Waals surface area contributed by atoms with Gasteiger partial charge >= 0.3 is 11.9 Å². The van der Waals surface area contributed by atoms with E-state index >= 15 is 0 Å². The number of fused-ring (bicyclic) bond motifs is 2. The molecule has 2 aliphatic rings. The Labute approximate surface area is 189 Å². The van der Waals surface area contributed by atoms with E-state index in [2.05, 4.69) is 6.07 Å². The van der Waals surface area contributed by atoms with E-state index in [9.17, 15) is 19.8 Å². The molecule has 0 amide bonds. The monoisotopic (exact) mass is 448 g/mol. The van der Waals surface area contributed by atoms with Crippen LogP contribution in [-0.2, 0) is 27.2 Å². The molecule has 7 nitrogen and oxygen atoms in total. The molecule has 1 aromatic carbocycles. The lowest BCUT2D eigenvalue weighted by atomic mass is 9.73. The normalized spacial score (nSPS) is 25.0. The minimum Gasteiger partial charge on any atom is -0.482 e. The van der Waals surface area contributed by atoms with Crippen LogP contribution in [0.1, 0.15) is 63.0 Å². The summed E-state index contributed by atoms with van der Waals surface area (Å²) in [5.74, 6) is 0.394. The van der Waals surface area contributed by atoms with Crippen molar-refractivity contribution in [3.05, 3.63) is 29.3 Å². The minimum atomic E-state index is -0.851. The molecule has 0 unspecified atom stereocenters. The number of carboxylic acids is 1. The first kappa shape index (κ1) is 24.5. The number of carboxylic acid groups (broad SMARTS) is 1. The number of hydrogen-bond donors (Lipinski definition) is 3. The van der Waals surface area contributed by atoms with E-state index in [1.54, 1.807) is 0 Å². The van der Waals surface area contributed by atoms with Crippen LogP contribution in [0.4, 0.5) is 0 Å². The number of rotatable bonds is 12. The summed E-state index contributed by atoms with van der Waals surface area (Å²) < 4.78 is 10.9. The van der Waals surface area contributed by atoms with Gasteiger partial charge in [-0.05, 0) is 86.3 Å². The van der Waals surface area contributed by atoms with Crippen molar-refractivity contribution in [1.82, 2.24) is 0 Å². The molecule has 0 aliphatic heterocycles. The second-order valence-corrected chi connectivity index (χ2v) is 9.19. The predicted octanol–water partition coefficient (Wildman–Crippen LogP) is 3.13. The highest BCUT2D eigenvalue weighted by Crippen LogP contribution is 2.48. The topological polar surface area (TPSA) is 113 Å². The first-order chi connectivity index (χ1) is 15.4. The fourth-order valence-electron chi connectivity index (χ4n) is 5.27. The summed E-state index contributed by atoms with van der Waals surface area (Å²) in [6.45, 7) is 1.99. The second-order valence-electron chi connectivity index (χ2n) is 9.19. The van der Waals surface area contributed by atoms with Gasteiger partial charge in [0.2, 0.25) is 0 Å². The van der Waals surface area contributed by atoms with Crippen molar-refractivity contribution in [3.63, 3.8) is 0 Å². The minimum absolute atomic E-state index is 0.0705. The Balaban J connectivity index is 1.53. The maximum absolute atomic E-state index is 12.0. The van der Waals surface area contributed by atoms with E-state index < -0.39 is 11.9 Å². The van der Waals surface area contributed by atoms with E-state index in [0.717, 1.165) is 44.1 Å². The summed E-state index contributed by atoms with van der Waals surface area (Å²) in [5.41, 5.74) is 2.32. The largest absolute Gasteiger partial charge is 0.482 e. The van der Waals surface area contributed by atoms with Gasteiger partial charge in [-0.3, -0.25) is 4.79 Å². The molecule has 1 aromatic rings. The quantitative estimate of drug-likeness (QED) is 0.333. The van der Waals surface area contributed by atoms with Crippen LogP contribution in [0.3, 0.4) is 0 Å². The molecule has 7 heteroatoms. The van der Waals surface area contributed by atoms with Crippen LogP contribution < -0.4 is 4.74 Å². The van der Waals surface area contributed by atoms with Crippen LogP contribution in [0, 0.1) is 17.8 Å². The number of carbonyl (C=O) groups excluding carboxylic acids is 1. The van der Waals surface area contributed by atoms with E-state index in [1.807, 2.05) is 19.1 Å². The summed E-state index contributed by atoms with van der Waals surface area (Å²) in [4.78, 5) is 22.5. The lowest BCUT2D eigenvalue weighted by Gasteiger charge is -2.32. The summed E-state index contributed by atoms with van der Waals surface area (Å²) in [6.07, 6.45) is 5.23. The van der Waals surface area contributed by atoms with Crippen molar-refractivity contribution >= 4 is 11.9 Å². The van der Waals surface area contributed by atoms with Gasteiger partial charge in [-0.25, -0.2) is 4.79 Å². The Morgan fingerprint density at radius 3 is 2.78 bits per heavy atom. The lowest BCUT2D eigenvalue weighted by Crippen LogP contribution is -2.28. The smallest absolute Gasteiger partial charge is 0.344 e. The number of aliphatic carboxylic acids is 1. The Kier molecular flexibility index (Phi) is 8.93. The van der Waals surface area contributed by atoms with Gasteiger partial charge in [0.1, 0.15) is 5.75 Å². The van der Waals surface area contributed by atoms with Crippen LogP contribution in [0.5, 0.6) is 5.75 Å². The zero-order valence-electron chi connectivity index (χ0n) is 18.9. The molecule has 0 spiro atoms. The summed E-state index contributed by atoms with van der Waals surface area (Å²) in [6, 6.07) is 5.91. The molecule has 0 heterocycles. The van der Waals surface area contributed by atoms with Crippen molar-refractivity contribution in [2.24, 2.45) is 17.8 Å². The average molecular weight is 449 g/mol. The van der Waals surface area contributed by atoms with E-state index in [1.165, 1.54) is 5.56 Å². The molecule has 1 fully saturated rings. The lowest BCUT2D eigenvalue weighted by molar-refractivity contribution is -0.146. The van der Waals surface area contributed by atoms with Gasteiger partial charge in [0.25, 0.3) is 0 Å². The van der Waals surface area contributed by atoms with Crippen LogP contribution in [-0.4, -0.2) is 52.7 Å². The Morgan fingerprint density at radius 2 is 2.03 bits per heavy atom. The third-order valence-corrected chi connectivity index (χ3v) is 7.04. The van der Waals surface area contributed by atoms with Gasteiger partial charge in [0, 0.05) is 6.42 Å². The van der Waals surface area contributed by atoms with Gasteiger partial charge in [-0.2, -0.15) is 0 Å². The summed E-state index contributed by atoms with van der Waals surface area (Å²) >= 11 is 0. The third kappa shape index (κ3) is 6.45. The number of aliphatic hydroxyl groups is 2. The molecule has 0 radical (unpaired) electrons. The number of benzene rings is 1. The van der Waals surface area contributed by atoms with E-state index in [-0.39, 0.29) is 37.8 Å². The summed E-state index contributed by atoms with van der Waals surface area (Å²) in [5, 5.41) is 29.2. The number of unbranched alkanes of at least 4 members (excludes halogenated alkanes) is 1. The fraction of sp³-hybridized carbons (Fsp3) is 0.680. The maximum atomic E-state index is 12.0. The van der Waals surface area contributed by atoms with Crippen molar-refractivity contribution in [3.8, 4) is 5.75 Å². The molecule has 3 N–H and O–H groups in total. The van der Waals surface area contributed by atoms with Crippen molar-refractivity contribution < 1.29 is 34.4 Å². The van der Waals surface area contributed by atoms with Gasteiger partial charge in [0.15, 0.2) is 6.61 Å². The third-order valence-electron chi connectivity index (χ3n) is 7.04. The van der Waals surface area contributed by atoms with E-state index in [4.69, 9.17) is 14.6 Å². The van der Waals surface area contributed by atoms with Crippen molar-refractivity contribution in [1.29, 1.82) is 0 Å². The Bertz CT molecular complexity index is 778. The zero-order chi connectivity index (χ0) is 23.1. The number of esters is 1. The number of carbonyl (C=O) groups is 2. The van der Waals surface area contributed by atoms with Crippen LogP contribution >= 0.6 is 0 Å². The molecule has 1 saturated carbocycles. The molecule has 2 aliphatic carbocycles. The first-order valence-corrected chi connectivity index (χ1v) is 11.9. The molecule has 5 atom stereocenters. The molecular formula is C25H36O7. The van der Waals surface area contributed by atoms with Gasteiger partial charge < -0.3 is 24.8 Å². The molecule has 0 saturated heterocycles. The second kappa shape index (κ2) is 11.7. The van der Waals surface area contributed by atoms with Crippen LogP contribution in [0.15, 0.2) is 18.2 Å². The highest BCUT2D eigenvalue weighted by molar-refractivity contribution is 5.71. The molecule has 0 aromatic heterocycles. The highest BCUT2D eigenvalue weighted by Gasteiger charge is 2.44.